The number of hydrogen-bond donors (Lipinski definition) is 2. The fourth-order valence-corrected chi connectivity index (χ4v) is 1.54. The zero-order valence-corrected chi connectivity index (χ0v) is 9.55. The predicted molar refractivity (Wildman–Crippen MR) is 59.6 cm³/mol. The van der Waals surface area contributed by atoms with Crippen molar-refractivity contribution in [3.63, 3.8) is 0 Å². The summed E-state index contributed by atoms with van der Waals surface area (Å²) in [6.07, 6.45) is 2.02. The lowest BCUT2D eigenvalue weighted by molar-refractivity contribution is -0.148. The van der Waals surface area contributed by atoms with Gasteiger partial charge in [-0.25, -0.2) is 4.79 Å². The second-order valence-electron chi connectivity index (χ2n) is 3.84. The van der Waals surface area contributed by atoms with E-state index in [0.29, 0.717) is 19.4 Å². The van der Waals surface area contributed by atoms with Crippen molar-refractivity contribution >= 4 is 12.1 Å². The molecule has 0 radical (unpaired) electrons. The Balaban J connectivity index is 2.15. The summed E-state index contributed by atoms with van der Waals surface area (Å²) in [6, 6.07) is 0. The van der Waals surface area contributed by atoms with Crippen molar-refractivity contribution in [1.82, 2.24) is 5.32 Å². The number of carboxylic acids is 1. The van der Waals surface area contributed by atoms with Gasteiger partial charge in [-0.2, -0.15) is 0 Å². The first kappa shape index (κ1) is 13.5. The van der Waals surface area contributed by atoms with Crippen LogP contribution in [0.5, 0.6) is 0 Å². The molecule has 2 N–H and O–H groups in total. The molecule has 1 rings (SSSR count). The van der Waals surface area contributed by atoms with Crippen molar-refractivity contribution in [1.29, 1.82) is 0 Å². The second-order valence-corrected chi connectivity index (χ2v) is 3.84. The van der Waals surface area contributed by atoms with Crippen LogP contribution in [-0.2, 0) is 14.3 Å². The standard InChI is InChI=1S/C11H17NO5/c1-2-5-16-11(15)12-6-9-4-3-8(7-17-9)10(13)14/h2,8-9H,1,3-7H2,(H,12,15)(H,13,14). The zero-order valence-electron chi connectivity index (χ0n) is 9.55. The van der Waals surface area contributed by atoms with Crippen LogP contribution in [0.25, 0.3) is 0 Å². The first-order valence-corrected chi connectivity index (χ1v) is 5.49. The summed E-state index contributed by atoms with van der Waals surface area (Å²) in [5.41, 5.74) is 0. The molecule has 0 aliphatic carbocycles. The molecule has 96 valence electrons. The van der Waals surface area contributed by atoms with Gasteiger partial charge in [-0.05, 0) is 12.8 Å². The fourth-order valence-electron chi connectivity index (χ4n) is 1.54. The number of aliphatic carboxylic acids is 1. The maximum atomic E-state index is 11.1. The van der Waals surface area contributed by atoms with E-state index < -0.39 is 18.0 Å². The summed E-state index contributed by atoms with van der Waals surface area (Å²) in [5, 5.41) is 11.3. The molecule has 1 aliphatic rings. The molecule has 0 bridgehead atoms. The predicted octanol–water partition coefficient (Wildman–Crippen LogP) is 0.778. The zero-order chi connectivity index (χ0) is 12.7. The third-order valence-corrected chi connectivity index (χ3v) is 2.53. The lowest BCUT2D eigenvalue weighted by Crippen LogP contribution is -2.39. The molecule has 0 aromatic carbocycles. The Kier molecular flexibility index (Phi) is 5.48. The summed E-state index contributed by atoms with van der Waals surface area (Å²) in [6.45, 7) is 4.12. The van der Waals surface area contributed by atoms with Crippen LogP contribution in [0.1, 0.15) is 12.8 Å². The summed E-state index contributed by atoms with van der Waals surface area (Å²) in [4.78, 5) is 21.8. The van der Waals surface area contributed by atoms with Gasteiger partial charge in [0.2, 0.25) is 0 Å². The van der Waals surface area contributed by atoms with Crippen LogP contribution in [0.2, 0.25) is 0 Å². The van der Waals surface area contributed by atoms with Crippen molar-refractivity contribution in [3.05, 3.63) is 12.7 Å². The first-order valence-electron chi connectivity index (χ1n) is 5.49. The van der Waals surface area contributed by atoms with Gasteiger partial charge in [0, 0.05) is 6.54 Å². The molecule has 1 heterocycles. The van der Waals surface area contributed by atoms with Gasteiger partial charge < -0.3 is 19.9 Å². The van der Waals surface area contributed by atoms with Gasteiger partial charge in [-0.1, -0.05) is 12.7 Å². The first-order chi connectivity index (χ1) is 8.13. The minimum atomic E-state index is -0.832. The third-order valence-electron chi connectivity index (χ3n) is 2.53. The number of rotatable bonds is 5. The molecule has 2 atom stereocenters. The van der Waals surface area contributed by atoms with E-state index in [4.69, 9.17) is 14.6 Å². The topological polar surface area (TPSA) is 84.9 Å². The van der Waals surface area contributed by atoms with Crippen LogP contribution in [0, 0.1) is 5.92 Å². The Labute approximate surface area is 99.6 Å². The van der Waals surface area contributed by atoms with E-state index in [1.54, 1.807) is 0 Å². The van der Waals surface area contributed by atoms with Crippen LogP contribution < -0.4 is 5.32 Å². The monoisotopic (exact) mass is 243 g/mol. The maximum absolute atomic E-state index is 11.1. The van der Waals surface area contributed by atoms with Crippen LogP contribution in [0.4, 0.5) is 4.79 Å². The molecule has 2 unspecified atom stereocenters. The SMILES string of the molecule is C=CCOC(=O)NCC1CCC(C(=O)O)CO1. The quantitative estimate of drug-likeness (QED) is 0.697. The van der Waals surface area contributed by atoms with Crippen molar-refractivity contribution in [2.45, 2.75) is 18.9 Å². The molecule has 6 heteroatoms. The van der Waals surface area contributed by atoms with Gasteiger partial charge in [0.25, 0.3) is 0 Å². The van der Waals surface area contributed by atoms with Gasteiger partial charge in [-0.3, -0.25) is 4.79 Å². The average molecular weight is 243 g/mol. The molecule has 17 heavy (non-hydrogen) atoms. The van der Waals surface area contributed by atoms with Crippen molar-refractivity contribution in [2.75, 3.05) is 19.8 Å². The van der Waals surface area contributed by atoms with Gasteiger partial charge >= 0.3 is 12.1 Å². The molecule has 6 nitrogen and oxygen atoms in total. The Hall–Kier alpha value is -1.56. The Morgan fingerprint density at radius 1 is 1.53 bits per heavy atom. The molecule has 1 fully saturated rings. The summed E-state index contributed by atoms with van der Waals surface area (Å²) in [7, 11) is 0. The van der Waals surface area contributed by atoms with Crippen LogP contribution in [-0.4, -0.2) is 43.0 Å². The summed E-state index contributed by atoms with van der Waals surface area (Å²) < 4.78 is 10.1. The van der Waals surface area contributed by atoms with E-state index in [1.807, 2.05) is 0 Å². The molecular formula is C11H17NO5. The smallest absolute Gasteiger partial charge is 0.407 e. The number of carbonyl (C=O) groups excluding carboxylic acids is 1. The fraction of sp³-hybridized carbons (Fsp3) is 0.636. The number of hydrogen-bond acceptors (Lipinski definition) is 4. The molecule has 1 amide bonds. The minimum absolute atomic E-state index is 0.137. The van der Waals surface area contributed by atoms with E-state index in [0.717, 1.165) is 0 Å². The van der Waals surface area contributed by atoms with E-state index in [1.165, 1.54) is 6.08 Å². The van der Waals surface area contributed by atoms with Crippen LogP contribution >= 0.6 is 0 Å². The molecule has 0 aromatic heterocycles. The van der Waals surface area contributed by atoms with E-state index >= 15 is 0 Å². The van der Waals surface area contributed by atoms with E-state index in [9.17, 15) is 9.59 Å². The number of carbonyl (C=O) groups is 2. The summed E-state index contributed by atoms with van der Waals surface area (Å²) in [5.74, 6) is -1.26. The number of carboxylic acid groups (broad SMARTS) is 1. The molecule has 1 aliphatic heterocycles. The minimum Gasteiger partial charge on any atom is -0.481 e. The van der Waals surface area contributed by atoms with Gasteiger partial charge in [0.05, 0.1) is 18.6 Å². The van der Waals surface area contributed by atoms with Crippen molar-refractivity contribution in [3.8, 4) is 0 Å². The Morgan fingerprint density at radius 3 is 2.82 bits per heavy atom. The normalized spacial score (nSPS) is 23.8. The number of alkyl carbamates (subject to hydrolysis) is 1. The Morgan fingerprint density at radius 2 is 2.29 bits per heavy atom. The second kappa shape index (κ2) is 6.90. The highest BCUT2D eigenvalue weighted by Gasteiger charge is 2.26. The maximum Gasteiger partial charge on any atom is 0.407 e. The third kappa shape index (κ3) is 4.86. The highest BCUT2D eigenvalue weighted by Crippen LogP contribution is 2.18. The molecular weight excluding hydrogens is 226 g/mol. The van der Waals surface area contributed by atoms with Crippen LogP contribution in [0.15, 0.2) is 12.7 Å². The van der Waals surface area contributed by atoms with Crippen molar-refractivity contribution < 1.29 is 24.2 Å². The molecule has 1 saturated heterocycles. The molecule has 0 saturated carbocycles. The van der Waals surface area contributed by atoms with E-state index in [2.05, 4.69) is 11.9 Å². The molecule has 0 aromatic rings. The van der Waals surface area contributed by atoms with Crippen LogP contribution in [0.3, 0.4) is 0 Å². The van der Waals surface area contributed by atoms with Gasteiger partial charge in [0.1, 0.15) is 6.61 Å². The summed E-state index contributed by atoms with van der Waals surface area (Å²) >= 11 is 0. The largest absolute Gasteiger partial charge is 0.481 e. The number of amides is 1. The lowest BCUT2D eigenvalue weighted by atomic mass is 9.99. The number of nitrogens with one attached hydrogen (secondary N) is 1. The van der Waals surface area contributed by atoms with E-state index in [-0.39, 0.29) is 19.3 Å². The van der Waals surface area contributed by atoms with Crippen molar-refractivity contribution in [2.24, 2.45) is 5.92 Å². The highest BCUT2D eigenvalue weighted by molar-refractivity contribution is 5.70. The lowest BCUT2D eigenvalue weighted by Gasteiger charge is -2.26. The van der Waals surface area contributed by atoms with Gasteiger partial charge in [0.15, 0.2) is 0 Å². The molecule has 0 spiro atoms. The number of ether oxygens (including phenoxy) is 2. The average Bonchev–Trinajstić information content (AvgIpc) is 2.34. The Bertz CT molecular complexity index is 284. The highest BCUT2D eigenvalue weighted by atomic mass is 16.5. The van der Waals surface area contributed by atoms with Gasteiger partial charge in [-0.15, -0.1) is 0 Å².